The lowest BCUT2D eigenvalue weighted by atomic mass is 9.98. The summed E-state index contributed by atoms with van der Waals surface area (Å²) in [5, 5.41) is 8.65. The third-order valence-corrected chi connectivity index (χ3v) is 6.74. The van der Waals surface area contributed by atoms with Crippen LogP contribution in [-0.2, 0) is 17.6 Å². The first-order chi connectivity index (χ1) is 13.4. The van der Waals surface area contributed by atoms with Crippen LogP contribution in [0.2, 0.25) is 0 Å². The third-order valence-electron chi connectivity index (χ3n) is 4.75. The molecule has 28 heavy (non-hydrogen) atoms. The fourth-order valence-corrected chi connectivity index (χ4v) is 5.39. The zero-order chi connectivity index (χ0) is 19.9. The number of aryl methyl sites for hydroxylation is 1. The molecule has 0 saturated heterocycles. The van der Waals surface area contributed by atoms with Gasteiger partial charge < -0.3 is 4.74 Å². The SMILES string of the molecule is C/C=C\SC1=NNc2c(C(=O)OC(C)(C)C)sc3nc4c(c1c23)CCCCC4. The Labute approximate surface area is 173 Å². The topological polar surface area (TPSA) is 63.6 Å². The minimum Gasteiger partial charge on any atom is -0.456 e. The van der Waals surface area contributed by atoms with Crippen LogP contribution in [0.25, 0.3) is 10.2 Å². The van der Waals surface area contributed by atoms with E-state index in [0.29, 0.717) is 4.88 Å². The molecule has 148 valence electrons. The number of nitrogens with one attached hydrogen (secondary N) is 1. The monoisotopic (exact) mass is 415 g/mol. The molecule has 0 radical (unpaired) electrons. The fraction of sp³-hybridized carbons (Fsp3) is 0.476. The van der Waals surface area contributed by atoms with Crippen LogP contribution in [0.1, 0.15) is 73.4 Å². The first kappa shape index (κ1) is 19.5. The number of rotatable bonds is 2. The zero-order valence-electron chi connectivity index (χ0n) is 16.7. The molecule has 2 aliphatic rings. The van der Waals surface area contributed by atoms with E-state index in [0.717, 1.165) is 45.8 Å². The third kappa shape index (κ3) is 3.57. The van der Waals surface area contributed by atoms with E-state index in [9.17, 15) is 4.79 Å². The standard InChI is InChI=1S/C21H25N3O2S2/c1-5-11-27-19-14-12-9-7-6-8-10-13(12)22-18-15(14)16(23-24-19)17(28-18)20(25)26-21(2,3)4/h5,11,23H,6-10H2,1-4H3/b11-5-. The summed E-state index contributed by atoms with van der Waals surface area (Å²) in [5.41, 5.74) is 6.95. The summed E-state index contributed by atoms with van der Waals surface area (Å²) in [5.74, 6) is -0.320. The number of fused-ring (bicyclic) bond motifs is 2. The van der Waals surface area contributed by atoms with Gasteiger partial charge in [-0.3, -0.25) is 5.43 Å². The summed E-state index contributed by atoms with van der Waals surface area (Å²) in [6.45, 7) is 7.65. The van der Waals surface area contributed by atoms with E-state index < -0.39 is 5.60 Å². The van der Waals surface area contributed by atoms with Crippen molar-refractivity contribution < 1.29 is 9.53 Å². The summed E-state index contributed by atoms with van der Waals surface area (Å²) in [7, 11) is 0. The Kier molecular flexibility index (Phi) is 5.22. The molecule has 2 aromatic heterocycles. The Morgan fingerprint density at radius 3 is 2.79 bits per heavy atom. The molecular weight excluding hydrogens is 390 g/mol. The molecule has 0 fully saturated rings. The fourth-order valence-electron chi connectivity index (χ4n) is 3.65. The number of thioether (sulfide) groups is 1. The highest BCUT2D eigenvalue weighted by atomic mass is 32.2. The van der Waals surface area contributed by atoms with E-state index in [-0.39, 0.29) is 5.97 Å². The molecule has 0 bridgehead atoms. The first-order valence-electron chi connectivity index (χ1n) is 9.72. The number of thiophene rings is 1. The van der Waals surface area contributed by atoms with Gasteiger partial charge in [0.25, 0.3) is 0 Å². The molecule has 4 rings (SSSR count). The maximum atomic E-state index is 12.8. The van der Waals surface area contributed by atoms with Crippen molar-refractivity contribution in [1.82, 2.24) is 4.98 Å². The van der Waals surface area contributed by atoms with Gasteiger partial charge in [0.1, 0.15) is 20.4 Å². The molecule has 0 aromatic carbocycles. The van der Waals surface area contributed by atoms with Crippen LogP contribution in [0.3, 0.4) is 0 Å². The van der Waals surface area contributed by atoms with Gasteiger partial charge >= 0.3 is 5.97 Å². The first-order valence-corrected chi connectivity index (χ1v) is 11.4. The number of hydrazone groups is 1. The smallest absolute Gasteiger partial charge is 0.351 e. The van der Waals surface area contributed by atoms with Gasteiger partial charge in [-0.15, -0.1) is 11.3 Å². The van der Waals surface area contributed by atoms with Crippen LogP contribution < -0.4 is 5.43 Å². The van der Waals surface area contributed by atoms with E-state index in [2.05, 4.69) is 10.5 Å². The number of anilines is 1. The maximum Gasteiger partial charge on any atom is 0.351 e. The average Bonchev–Trinajstić information content (AvgIpc) is 2.83. The van der Waals surface area contributed by atoms with Crippen molar-refractivity contribution in [3.05, 3.63) is 33.2 Å². The number of aromatic nitrogens is 1. The summed E-state index contributed by atoms with van der Waals surface area (Å²) >= 11 is 3.02. The van der Waals surface area contributed by atoms with Gasteiger partial charge in [-0.05, 0) is 64.3 Å². The largest absolute Gasteiger partial charge is 0.456 e. The van der Waals surface area contributed by atoms with Gasteiger partial charge in [-0.2, -0.15) is 5.10 Å². The zero-order valence-corrected chi connectivity index (χ0v) is 18.4. The average molecular weight is 416 g/mol. The summed E-state index contributed by atoms with van der Waals surface area (Å²) in [4.78, 5) is 19.3. The van der Waals surface area contributed by atoms with Crippen molar-refractivity contribution in [2.45, 2.75) is 65.4 Å². The Balaban J connectivity index is 1.91. The van der Waals surface area contributed by atoms with Gasteiger partial charge in [0.05, 0.1) is 5.69 Å². The number of carbonyl (C=O) groups is 1. The van der Waals surface area contributed by atoms with Gasteiger partial charge in [0.15, 0.2) is 0 Å². The maximum absolute atomic E-state index is 12.8. The Morgan fingerprint density at radius 1 is 1.25 bits per heavy atom. The lowest BCUT2D eigenvalue weighted by molar-refractivity contribution is 0.00763. The number of nitrogens with zero attached hydrogens (tertiary/aromatic N) is 2. The Morgan fingerprint density at radius 2 is 2.04 bits per heavy atom. The lowest BCUT2D eigenvalue weighted by Gasteiger charge is -2.21. The second kappa shape index (κ2) is 7.52. The normalized spacial score (nSPS) is 16.5. The van der Waals surface area contributed by atoms with Crippen molar-refractivity contribution in [3.8, 4) is 0 Å². The number of carbonyl (C=O) groups excluding carboxylic acids is 1. The number of esters is 1. The van der Waals surface area contributed by atoms with Crippen LogP contribution in [0, 0.1) is 0 Å². The molecule has 7 heteroatoms. The van der Waals surface area contributed by atoms with Gasteiger partial charge in [0, 0.05) is 16.6 Å². The van der Waals surface area contributed by atoms with Crippen LogP contribution in [0.4, 0.5) is 5.69 Å². The predicted octanol–water partition coefficient (Wildman–Crippen LogP) is 5.87. The highest BCUT2D eigenvalue weighted by molar-refractivity contribution is 8.16. The van der Waals surface area contributed by atoms with E-state index in [1.807, 2.05) is 39.2 Å². The molecular formula is C21H25N3O2S2. The molecule has 0 spiro atoms. The number of ether oxygens (including phenoxy) is 1. The van der Waals surface area contributed by atoms with Crippen LogP contribution in [-0.4, -0.2) is 21.6 Å². The minimum absolute atomic E-state index is 0.320. The quantitative estimate of drug-likeness (QED) is 0.490. The lowest BCUT2D eigenvalue weighted by Crippen LogP contribution is -2.24. The van der Waals surface area contributed by atoms with Gasteiger partial charge in [-0.1, -0.05) is 24.3 Å². The molecule has 1 aliphatic carbocycles. The van der Waals surface area contributed by atoms with Crippen LogP contribution in [0.5, 0.6) is 0 Å². The molecule has 5 nitrogen and oxygen atoms in total. The van der Waals surface area contributed by atoms with E-state index >= 15 is 0 Å². The Hall–Kier alpha value is -1.86. The molecule has 0 amide bonds. The van der Waals surface area contributed by atoms with Gasteiger partial charge in [0.2, 0.25) is 0 Å². The highest BCUT2D eigenvalue weighted by Gasteiger charge is 2.32. The second-order valence-electron chi connectivity index (χ2n) is 8.08. The summed E-state index contributed by atoms with van der Waals surface area (Å²) in [6.07, 6.45) is 7.57. The molecule has 0 unspecified atom stereocenters. The van der Waals surface area contributed by atoms with Crippen molar-refractivity contribution in [2.24, 2.45) is 5.10 Å². The number of pyridine rings is 1. The molecule has 1 N–H and O–H groups in total. The van der Waals surface area contributed by atoms with E-state index in [1.54, 1.807) is 11.8 Å². The molecule has 1 aliphatic heterocycles. The summed E-state index contributed by atoms with van der Waals surface area (Å²) in [6, 6.07) is 0. The van der Waals surface area contributed by atoms with Crippen molar-refractivity contribution in [1.29, 1.82) is 0 Å². The molecule has 0 atom stereocenters. The molecule has 2 aromatic rings. The summed E-state index contributed by atoms with van der Waals surface area (Å²) < 4.78 is 5.64. The second-order valence-corrected chi connectivity index (χ2v) is 9.97. The van der Waals surface area contributed by atoms with Crippen molar-refractivity contribution >= 4 is 50.0 Å². The van der Waals surface area contributed by atoms with Crippen LogP contribution >= 0.6 is 23.1 Å². The molecule has 3 heterocycles. The Bertz CT molecular complexity index is 999. The predicted molar refractivity (Wildman–Crippen MR) is 119 cm³/mol. The number of hydrogen-bond acceptors (Lipinski definition) is 7. The van der Waals surface area contributed by atoms with E-state index in [1.165, 1.54) is 35.4 Å². The number of hydrogen-bond donors (Lipinski definition) is 1. The molecule has 0 saturated carbocycles. The van der Waals surface area contributed by atoms with Gasteiger partial charge in [-0.25, -0.2) is 9.78 Å². The van der Waals surface area contributed by atoms with Crippen LogP contribution in [0.15, 0.2) is 16.6 Å². The van der Waals surface area contributed by atoms with Crippen molar-refractivity contribution in [2.75, 3.05) is 5.43 Å². The minimum atomic E-state index is -0.543. The van der Waals surface area contributed by atoms with Crippen molar-refractivity contribution in [3.63, 3.8) is 0 Å². The van der Waals surface area contributed by atoms with E-state index in [4.69, 9.17) is 9.72 Å². The number of allylic oxidation sites excluding steroid dienone is 1. The highest BCUT2D eigenvalue weighted by Crippen LogP contribution is 2.44.